The predicted molar refractivity (Wildman–Crippen MR) is 68.6 cm³/mol. The van der Waals surface area contributed by atoms with Gasteiger partial charge in [-0.05, 0) is 39.8 Å². The van der Waals surface area contributed by atoms with E-state index >= 15 is 0 Å². The number of likely N-dealkylation sites (tertiary alicyclic amines) is 1. The van der Waals surface area contributed by atoms with Crippen LogP contribution in [0.1, 0.15) is 32.1 Å². The molecule has 2 fully saturated rings. The molecule has 0 radical (unpaired) electrons. The van der Waals surface area contributed by atoms with Gasteiger partial charge in [-0.1, -0.05) is 6.42 Å². The molecule has 0 spiro atoms. The molecular weight excluding hydrogens is 214 g/mol. The van der Waals surface area contributed by atoms with E-state index in [4.69, 9.17) is 5.73 Å². The van der Waals surface area contributed by atoms with Crippen LogP contribution >= 0.6 is 0 Å². The van der Waals surface area contributed by atoms with E-state index in [1.165, 1.54) is 6.42 Å². The Kier molecular flexibility index (Phi) is 4.05. The molecule has 17 heavy (non-hydrogen) atoms. The summed E-state index contributed by atoms with van der Waals surface area (Å²) in [4.78, 5) is 16.7. The van der Waals surface area contributed by atoms with E-state index in [-0.39, 0.29) is 12.0 Å². The zero-order valence-corrected chi connectivity index (χ0v) is 11.1. The van der Waals surface area contributed by atoms with Crippen molar-refractivity contribution in [3.05, 3.63) is 0 Å². The highest BCUT2D eigenvalue weighted by atomic mass is 16.2. The Hall–Kier alpha value is -0.610. The van der Waals surface area contributed by atoms with E-state index in [0.717, 1.165) is 38.8 Å². The van der Waals surface area contributed by atoms with Crippen molar-refractivity contribution < 1.29 is 4.79 Å². The molecule has 3 atom stereocenters. The number of carbonyl (C=O) groups excluding carboxylic acids is 1. The standard InChI is InChI=1S/C13H25N3O/c1-15(2)10-5-4-8-16(9-10)13(17)11-6-3-7-12(11)14/h10-12H,3-9,14H2,1-2H3/t10-,11-,12+/m1/s1. The highest BCUT2D eigenvalue weighted by Gasteiger charge is 2.35. The summed E-state index contributed by atoms with van der Waals surface area (Å²) < 4.78 is 0. The van der Waals surface area contributed by atoms with Crippen LogP contribution in [0, 0.1) is 5.92 Å². The summed E-state index contributed by atoms with van der Waals surface area (Å²) in [5.41, 5.74) is 6.02. The number of likely N-dealkylation sites (N-methyl/N-ethyl adjacent to an activating group) is 1. The van der Waals surface area contributed by atoms with Crippen LogP contribution in [0.3, 0.4) is 0 Å². The molecule has 0 aromatic heterocycles. The van der Waals surface area contributed by atoms with Gasteiger partial charge in [0.25, 0.3) is 0 Å². The number of hydrogen-bond donors (Lipinski definition) is 1. The van der Waals surface area contributed by atoms with Gasteiger partial charge in [0, 0.05) is 25.2 Å². The molecule has 4 nitrogen and oxygen atoms in total. The normalized spacial score (nSPS) is 34.4. The Morgan fingerprint density at radius 1 is 1.24 bits per heavy atom. The van der Waals surface area contributed by atoms with Crippen LogP contribution in [-0.4, -0.2) is 55.0 Å². The summed E-state index contributed by atoms with van der Waals surface area (Å²) in [5, 5.41) is 0. The molecule has 98 valence electrons. The van der Waals surface area contributed by atoms with Crippen molar-refractivity contribution in [2.45, 2.75) is 44.2 Å². The number of amides is 1. The topological polar surface area (TPSA) is 49.6 Å². The smallest absolute Gasteiger partial charge is 0.227 e. The largest absolute Gasteiger partial charge is 0.341 e. The molecule has 1 amide bonds. The molecule has 1 aliphatic heterocycles. The van der Waals surface area contributed by atoms with Gasteiger partial charge in [0.05, 0.1) is 5.92 Å². The predicted octanol–water partition coefficient (Wildman–Crippen LogP) is 0.666. The minimum absolute atomic E-state index is 0.0934. The molecule has 0 bridgehead atoms. The molecule has 2 N–H and O–H groups in total. The third-order valence-corrected chi connectivity index (χ3v) is 4.33. The lowest BCUT2D eigenvalue weighted by Gasteiger charge is -2.37. The summed E-state index contributed by atoms with van der Waals surface area (Å²) >= 11 is 0. The molecule has 0 unspecified atom stereocenters. The fourth-order valence-electron chi connectivity index (χ4n) is 3.11. The Morgan fingerprint density at radius 3 is 2.59 bits per heavy atom. The maximum absolute atomic E-state index is 12.4. The van der Waals surface area contributed by atoms with Crippen molar-refractivity contribution in [2.24, 2.45) is 11.7 Å². The molecular formula is C13H25N3O. The van der Waals surface area contributed by atoms with Gasteiger partial charge < -0.3 is 15.5 Å². The van der Waals surface area contributed by atoms with Crippen molar-refractivity contribution in [1.82, 2.24) is 9.80 Å². The van der Waals surface area contributed by atoms with E-state index < -0.39 is 0 Å². The van der Waals surface area contributed by atoms with Gasteiger partial charge in [-0.2, -0.15) is 0 Å². The quantitative estimate of drug-likeness (QED) is 0.770. The highest BCUT2D eigenvalue weighted by molar-refractivity contribution is 5.80. The minimum Gasteiger partial charge on any atom is -0.341 e. The van der Waals surface area contributed by atoms with Crippen molar-refractivity contribution in [1.29, 1.82) is 0 Å². The zero-order valence-electron chi connectivity index (χ0n) is 11.1. The van der Waals surface area contributed by atoms with Crippen LogP contribution in [-0.2, 0) is 4.79 Å². The second kappa shape index (κ2) is 5.36. The van der Waals surface area contributed by atoms with Crippen molar-refractivity contribution in [3.63, 3.8) is 0 Å². The molecule has 2 rings (SSSR count). The molecule has 0 aromatic carbocycles. The maximum atomic E-state index is 12.4. The SMILES string of the molecule is CN(C)[C@@H]1CCCN(C(=O)[C@@H]2CCC[C@@H]2N)C1. The zero-order chi connectivity index (χ0) is 12.4. The molecule has 1 saturated carbocycles. The maximum Gasteiger partial charge on any atom is 0.227 e. The van der Waals surface area contributed by atoms with Crippen LogP contribution in [0.4, 0.5) is 0 Å². The Balaban J connectivity index is 1.94. The second-order valence-corrected chi connectivity index (χ2v) is 5.75. The summed E-state index contributed by atoms with van der Waals surface area (Å²) in [5.74, 6) is 0.400. The Bertz CT molecular complexity index is 280. The molecule has 4 heteroatoms. The van der Waals surface area contributed by atoms with Gasteiger partial charge >= 0.3 is 0 Å². The highest BCUT2D eigenvalue weighted by Crippen LogP contribution is 2.27. The summed E-state index contributed by atoms with van der Waals surface area (Å²) in [6.45, 7) is 1.81. The monoisotopic (exact) mass is 239 g/mol. The molecule has 2 aliphatic rings. The number of nitrogens with zero attached hydrogens (tertiary/aromatic N) is 2. The first-order valence-electron chi connectivity index (χ1n) is 6.80. The average Bonchev–Trinajstić information content (AvgIpc) is 2.74. The number of rotatable bonds is 2. The van der Waals surface area contributed by atoms with Crippen molar-refractivity contribution >= 4 is 5.91 Å². The number of nitrogens with two attached hydrogens (primary N) is 1. The molecule has 1 aliphatic carbocycles. The fourth-order valence-corrected chi connectivity index (χ4v) is 3.11. The van der Waals surface area contributed by atoms with Gasteiger partial charge in [-0.3, -0.25) is 4.79 Å². The molecule has 0 aromatic rings. The average molecular weight is 239 g/mol. The van der Waals surface area contributed by atoms with Gasteiger partial charge in [0.2, 0.25) is 5.91 Å². The van der Waals surface area contributed by atoms with Crippen molar-refractivity contribution in [2.75, 3.05) is 27.2 Å². The third kappa shape index (κ3) is 2.80. The summed E-state index contributed by atoms with van der Waals surface area (Å²) in [6.07, 6.45) is 5.44. The molecule has 1 heterocycles. The summed E-state index contributed by atoms with van der Waals surface area (Å²) in [6, 6.07) is 0.618. The first kappa shape index (κ1) is 12.8. The first-order chi connectivity index (χ1) is 8.09. The van der Waals surface area contributed by atoms with Crippen LogP contribution in [0.2, 0.25) is 0 Å². The van der Waals surface area contributed by atoms with Crippen LogP contribution in [0.15, 0.2) is 0 Å². The van der Waals surface area contributed by atoms with Crippen molar-refractivity contribution in [3.8, 4) is 0 Å². The Morgan fingerprint density at radius 2 is 2.00 bits per heavy atom. The van der Waals surface area contributed by atoms with E-state index in [2.05, 4.69) is 19.0 Å². The number of piperidine rings is 1. The van der Waals surface area contributed by atoms with Crippen LogP contribution < -0.4 is 5.73 Å². The van der Waals surface area contributed by atoms with Gasteiger partial charge in [-0.25, -0.2) is 0 Å². The third-order valence-electron chi connectivity index (χ3n) is 4.33. The number of carbonyl (C=O) groups is 1. The van der Waals surface area contributed by atoms with E-state index in [1.807, 2.05) is 4.90 Å². The lowest BCUT2D eigenvalue weighted by atomic mass is 9.99. The fraction of sp³-hybridized carbons (Fsp3) is 0.923. The minimum atomic E-state index is 0.0934. The lowest BCUT2D eigenvalue weighted by molar-refractivity contribution is -0.137. The summed E-state index contributed by atoms with van der Waals surface area (Å²) in [7, 11) is 4.19. The van der Waals surface area contributed by atoms with Crippen LogP contribution in [0.25, 0.3) is 0 Å². The van der Waals surface area contributed by atoms with E-state index in [9.17, 15) is 4.79 Å². The first-order valence-corrected chi connectivity index (χ1v) is 6.80. The Labute approximate surface area is 104 Å². The molecule has 1 saturated heterocycles. The lowest BCUT2D eigenvalue weighted by Crippen LogP contribution is -2.50. The van der Waals surface area contributed by atoms with Gasteiger partial charge in [0.15, 0.2) is 0 Å². The second-order valence-electron chi connectivity index (χ2n) is 5.75. The van der Waals surface area contributed by atoms with Crippen LogP contribution in [0.5, 0.6) is 0 Å². The van der Waals surface area contributed by atoms with Gasteiger partial charge in [-0.15, -0.1) is 0 Å². The van der Waals surface area contributed by atoms with Gasteiger partial charge in [0.1, 0.15) is 0 Å². The van der Waals surface area contributed by atoms with E-state index in [0.29, 0.717) is 11.9 Å². The number of hydrogen-bond acceptors (Lipinski definition) is 3. The van der Waals surface area contributed by atoms with E-state index in [1.54, 1.807) is 0 Å².